The molecule has 19 heavy (non-hydrogen) atoms. The van der Waals surface area contributed by atoms with Crippen molar-refractivity contribution in [1.29, 1.82) is 0 Å². The number of nitrogens with zero attached hydrogens (tertiary/aromatic N) is 1. The number of likely N-dealkylation sites (tertiary alicyclic amines) is 1. The fourth-order valence-electron chi connectivity index (χ4n) is 2.55. The van der Waals surface area contributed by atoms with Crippen molar-refractivity contribution >= 4 is 5.78 Å². The summed E-state index contributed by atoms with van der Waals surface area (Å²) in [5, 5.41) is 0. The Kier molecular flexibility index (Phi) is 4.30. The van der Waals surface area contributed by atoms with E-state index in [4.69, 9.17) is 0 Å². The van der Waals surface area contributed by atoms with Crippen molar-refractivity contribution < 1.29 is 13.6 Å². The molecule has 1 aliphatic rings. The summed E-state index contributed by atoms with van der Waals surface area (Å²) < 4.78 is 26.3. The normalized spacial score (nSPS) is 20.2. The van der Waals surface area contributed by atoms with Gasteiger partial charge in [-0.25, -0.2) is 8.78 Å². The lowest BCUT2D eigenvalue weighted by Crippen LogP contribution is -2.29. The molecule has 4 heteroatoms. The molecule has 1 aromatic carbocycles. The Bertz CT molecular complexity index is 473. The highest BCUT2D eigenvalue weighted by molar-refractivity contribution is 5.97. The van der Waals surface area contributed by atoms with E-state index in [-0.39, 0.29) is 17.9 Å². The first kappa shape index (κ1) is 14.1. The van der Waals surface area contributed by atoms with Gasteiger partial charge < -0.3 is 0 Å². The van der Waals surface area contributed by atoms with Gasteiger partial charge in [0.25, 0.3) is 0 Å². The number of ketones is 1. The second-order valence-electron chi connectivity index (χ2n) is 5.58. The molecule has 0 spiro atoms. The Morgan fingerprint density at radius 3 is 2.74 bits per heavy atom. The van der Waals surface area contributed by atoms with Crippen LogP contribution < -0.4 is 0 Å². The van der Waals surface area contributed by atoms with Gasteiger partial charge in [-0.15, -0.1) is 0 Å². The van der Waals surface area contributed by atoms with Crippen molar-refractivity contribution in [3.63, 3.8) is 0 Å². The highest BCUT2D eigenvalue weighted by Crippen LogP contribution is 2.23. The Hall–Kier alpha value is -1.29. The van der Waals surface area contributed by atoms with Crippen LogP contribution in [0.15, 0.2) is 18.2 Å². The van der Waals surface area contributed by atoms with Gasteiger partial charge in [0, 0.05) is 12.6 Å². The van der Waals surface area contributed by atoms with Crippen LogP contribution in [0, 0.1) is 23.5 Å². The van der Waals surface area contributed by atoms with Gasteiger partial charge in [0.1, 0.15) is 11.6 Å². The van der Waals surface area contributed by atoms with Crippen LogP contribution in [0.4, 0.5) is 8.78 Å². The first-order valence-electron chi connectivity index (χ1n) is 6.68. The van der Waals surface area contributed by atoms with Gasteiger partial charge in [-0.05, 0) is 36.9 Å². The summed E-state index contributed by atoms with van der Waals surface area (Å²) in [6, 6.07) is 3.11. The predicted octanol–water partition coefficient (Wildman–Crippen LogP) is 3.13. The molecule has 0 amide bonds. The molecule has 1 fully saturated rings. The molecule has 2 nitrogen and oxygen atoms in total. The van der Waals surface area contributed by atoms with Crippen molar-refractivity contribution in [1.82, 2.24) is 4.90 Å². The maximum absolute atomic E-state index is 13.5. The van der Waals surface area contributed by atoms with Gasteiger partial charge in [0.05, 0.1) is 12.1 Å². The average Bonchev–Trinajstić information content (AvgIpc) is 2.77. The van der Waals surface area contributed by atoms with Crippen molar-refractivity contribution in [2.75, 3.05) is 19.6 Å². The van der Waals surface area contributed by atoms with Crippen molar-refractivity contribution in [3.8, 4) is 0 Å². The van der Waals surface area contributed by atoms with E-state index in [0.29, 0.717) is 11.8 Å². The van der Waals surface area contributed by atoms with Crippen LogP contribution in [0.1, 0.15) is 30.6 Å². The molecule has 0 bridgehead atoms. The van der Waals surface area contributed by atoms with Gasteiger partial charge in [0.2, 0.25) is 0 Å². The van der Waals surface area contributed by atoms with E-state index in [1.807, 2.05) is 0 Å². The highest BCUT2D eigenvalue weighted by atomic mass is 19.1. The molecule has 0 N–H and O–H groups in total. The molecular weight excluding hydrogens is 248 g/mol. The maximum atomic E-state index is 13.5. The molecule has 0 saturated carbocycles. The molecule has 2 rings (SSSR count). The van der Waals surface area contributed by atoms with Crippen LogP contribution in [0.5, 0.6) is 0 Å². The van der Waals surface area contributed by atoms with Gasteiger partial charge in [-0.2, -0.15) is 0 Å². The van der Waals surface area contributed by atoms with Gasteiger partial charge in [0.15, 0.2) is 5.78 Å². The number of carbonyl (C=O) groups is 1. The summed E-state index contributed by atoms with van der Waals surface area (Å²) in [4.78, 5) is 14.1. The SMILES string of the molecule is CC(C)C1CCN(CC(=O)c2ccc(F)cc2F)C1. The quantitative estimate of drug-likeness (QED) is 0.781. The monoisotopic (exact) mass is 267 g/mol. The second kappa shape index (κ2) is 5.78. The lowest BCUT2D eigenvalue weighted by Gasteiger charge is -2.17. The Balaban J connectivity index is 1.98. The average molecular weight is 267 g/mol. The van der Waals surface area contributed by atoms with E-state index in [9.17, 15) is 13.6 Å². The van der Waals surface area contributed by atoms with Crippen molar-refractivity contribution in [2.24, 2.45) is 11.8 Å². The van der Waals surface area contributed by atoms with Gasteiger partial charge in [-0.3, -0.25) is 9.69 Å². The van der Waals surface area contributed by atoms with Crippen LogP contribution in [0.25, 0.3) is 0 Å². The second-order valence-corrected chi connectivity index (χ2v) is 5.58. The molecule has 1 atom stereocenters. The van der Waals surface area contributed by atoms with Crippen molar-refractivity contribution in [3.05, 3.63) is 35.4 Å². The predicted molar refractivity (Wildman–Crippen MR) is 70.1 cm³/mol. The topological polar surface area (TPSA) is 20.3 Å². The Labute approximate surface area is 112 Å². The van der Waals surface area contributed by atoms with Gasteiger partial charge >= 0.3 is 0 Å². The molecule has 0 aromatic heterocycles. The lowest BCUT2D eigenvalue weighted by atomic mass is 9.95. The number of hydrogen-bond acceptors (Lipinski definition) is 2. The van der Waals surface area contributed by atoms with Crippen LogP contribution in [-0.2, 0) is 0 Å². The van der Waals surface area contributed by atoms with E-state index < -0.39 is 11.6 Å². The Morgan fingerprint density at radius 1 is 1.42 bits per heavy atom. The number of rotatable bonds is 4. The number of halogens is 2. The molecule has 1 unspecified atom stereocenters. The smallest absolute Gasteiger partial charge is 0.179 e. The zero-order valence-electron chi connectivity index (χ0n) is 11.3. The summed E-state index contributed by atoms with van der Waals surface area (Å²) >= 11 is 0. The van der Waals surface area contributed by atoms with Crippen LogP contribution >= 0.6 is 0 Å². The fraction of sp³-hybridized carbons (Fsp3) is 0.533. The minimum absolute atomic E-state index is 0.0191. The van der Waals surface area contributed by atoms with Crippen LogP contribution in [0.2, 0.25) is 0 Å². The van der Waals surface area contributed by atoms with Crippen LogP contribution in [-0.4, -0.2) is 30.3 Å². The van der Waals surface area contributed by atoms with E-state index in [2.05, 4.69) is 18.7 Å². The third kappa shape index (κ3) is 3.38. The van der Waals surface area contributed by atoms with Crippen molar-refractivity contribution in [2.45, 2.75) is 20.3 Å². The first-order chi connectivity index (χ1) is 8.97. The molecule has 1 aromatic rings. The zero-order chi connectivity index (χ0) is 14.0. The third-order valence-corrected chi connectivity index (χ3v) is 3.85. The number of hydrogen-bond donors (Lipinski definition) is 0. The number of benzene rings is 1. The van der Waals surface area contributed by atoms with Crippen LogP contribution in [0.3, 0.4) is 0 Å². The van der Waals surface area contributed by atoms with E-state index in [1.165, 1.54) is 6.07 Å². The first-order valence-corrected chi connectivity index (χ1v) is 6.68. The maximum Gasteiger partial charge on any atom is 0.179 e. The molecule has 0 radical (unpaired) electrons. The molecule has 0 aliphatic carbocycles. The number of carbonyl (C=O) groups excluding carboxylic acids is 1. The highest BCUT2D eigenvalue weighted by Gasteiger charge is 2.26. The van der Waals surface area contributed by atoms with Gasteiger partial charge in [-0.1, -0.05) is 13.8 Å². The zero-order valence-corrected chi connectivity index (χ0v) is 11.3. The number of Topliss-reactive ketones (excluding diaryl/α,β-unsaturated/α-hetero) is 1. The Morgan fingerprint density at radius 2 is 2.16 bits per heavy atom. The van der Waals surface area contributed by atoms with E-state index >= 15 is 0 Å². The third-order valence-electron chi connectivity index (χ3n) is 3.85. The lowest BCUT2D eigenvalue weighted by molar-refractivity contribution is 0.0938. The van der Waals surface area contributed by atoms with E-state index in [0.717, 1.165) is 31.6 Å². The summed E-state index contributed by atoms with van der Waals surface area (Å²) in [5.41, 5.74) is -0.0191. The summed E-state index contributed by atoms with van der Waals surface area (Å²) in [7, 11) is 0. The summed E-state index contributed by atoms with van der Waals surface area (Å²) in [6.07, 6.45) is 1.08. The summed E-state index contributed by atoms with van der Waals surface area (Å²) in [5.74, 6) is -0.505. The minimum atomic E-state index is -0.774. The molecular formula is C15H19F2NO. The van der Waals surface area contributed by atoms with E-state index in [1.54, 1.807) is 0 Å². The molecule has 1 heterocycles. The molecule has 1 aliphatic heterocycles. The largest absolute Gasteiger partial charge is 0.296 e. The minimum Gasteiger partial charge on any atom is -0.296 e. The summed E-state index contributed by atoms with van der Waals surface area (Å²) in [6.45, 7) is 6.32. The fourth-order valence-corrected chi connectivity index (χ4v) is 2.55. The standard InChI is InChI=1S/C15H19F2NO/c1-10(2)11-5-6-18(8-11)9-15(19)13-4-3-12(16)7-14(13)17/h3-4,7,10-11H,5-6,8-9H2,1-2H3. The molecule has 1 saturated heterocycles. The molecule has 104 valence electrons.